The average Bonchev–Trinajstić information content (AvgIpc) is 2.43. The van der Waals surface area contributed by atoms with Crippen LogP contribution >= 0.6 is 0 Å². The fourth-order valence-corrected chi connectivity index (χ4v) is 1.54. The van der Waals surface area contributed by atoms with E-state index in [0.717, 1.165) is 29.8 Å². The minimum absolute atomic E-state index is 0.230. The predicted octanol–water partition coefficient (Wildman–Crippen LogP) is 3.74. The Labute approximate surface area is 119 Å². The van der Waals surface area contributed by atoms with Crippen LogP contribution in [0.25, 0.3) is 0 Å². The van der Waals surface area contributed by atoms with Gasteiger partial charge >= 0.3 is 12.0 Å². The summed E-state index contributed by atoms with van der Waals surface area (Å²) in [5, 5.41) is 2.05. The smallest absolute Gasteiger partial charge is 0.425 e. The van der Waals surface area contributed by atoms with E-state index in [-0.39, 0.29) is 11.4 Å². The van der Waals surface area contributed by atoms with E-state index in [0.29, 0.717) is 0 Å². The van der Waals surface area contributed by atoms with Gasteiger partial charge in [-0.2, -0.15) is 8.78 Å². The lowest BCUT2D eigenvalue weighted by molar-refractivity contribution is -0.187. The standard InChI is InChI=1S/C15H12F3NO2/c1-10-2-6-12(7-3-10)19-14(20)15(17,18)21-13-8-4-11(16)5-9-13/h2-9H,1H3,(H,19,20). The summed E-state index contributed by atoms with van der Waals surface area (Å²) in [6, 6.07) is 10.3. The minimum atomic E-state index is -4.07. The van der Waals surface area contributed by atoms with Crippen molar-refractivity contribution in [3.05, 3.63) is 59.9 Å². The van der Waals surface area contributed by atoms with E-state index >= 15 is 0 Å². The number of aryl methyl sites for hydroxylation is 1. The van der Waals surface area contributed by atoms with Crippen LogP contribution in [-0.4, -0.2) is 12.0 Å². The van der Waals surface area contributed by atoms with Gasteiger partial charge in [0.05, 0.1) is 0 Å². The highest BCUT2D eigenvalue weighted by atomic mass is 19.3. The first-order valence-corrected chi connectivity index (χ1v) is 6.07. The highest BCUT2D eigenvalue weighted by molar-refractivity contribution is 5.95. The van der Waals surface area contributed by atoms with Gasteiger partial charge in [0.25, 0.3) is 0 Å². The Kier molecular flexibility index (Phi) is 4.16. The summed E-state index contributed by atoms with van der Waals surface area (Å²) in [6.45, 7) is 1.83. The van der Waals surface area contributed by atoms with Crippen LogP contribution in [0.4, 0.5) is 18.9 Å². The highest BCUT2D eigenvalue weighted by Gasteiger charge is 2.42. The Morgan fingerprint density at radius 2 is 1.62 bits per heavy atom. The largest absolute Gasteiger partial charge is 0.482 e. The van der Waals surface area contributed by atoms with Crippen molar-refractivity contribution in [3.8, 4) is 5.75 Å². The lowest BCUT2D eigenvalue weighted by Gasteiger charge is -2.17. The maximum Gasteiger partial charge on any atom is 0.482 e. The van der Waals surface area contributed by atoms with E-state index in [2.05, 4.69) is 10.1 Å². The van der Waals surface area contributed by atoms with E-state index in [4.69, 9.17) is 0 Å². The summed E-state index contributed by atoms with van der Waals surface area (Å²) >= 11 is 0. The normalized spacial score (nSPS) is 11.0. The molecular weight excluding hydrogens is 283 g/mol. The number of ether oxygens (including phenoxy) is 1. The highest BCUT2D eigenvalue weighted by Crippen LogP contribution is 2.23. The van der Waals surface area contributed by atoms with Crippen LogP contribution in [0.15, 0.2) is 48.5 Å². The summed E-state index contributed by atoms with van der Waals surface area (Å²) in [4.78, 5) is 11.5. The molecule has 0 spiro atoms. The molecule has 0 radical (unpaired) electrons. The number of amides is 1. The molecule has 0 aliphatic rings. The number of halogens is 3. The average molecular weight is 295 g/mol. The number of nitrogens with one attached hydrogen (secondary N) is 1. The molecule has 0 unspecified atom stereocenters. The lowest BCUT2D eigenvalue weighted by Crippen LogP contribution is -2.39. The van der Waals surface area contributed by atoms with Crippen molar-refractivity contribution in [3.63, 3.8) is 0 Å². The van der Waals surface area contributed by atoms with Gasteiger partial charge in [-0.1, -0.05) is 17.7 Å². The maximum atomic E-state index is 13.6. The van der Waals surface area contributed by atoms with Crippen LogP contribution < -0.4 is 10.1 Å². The molecule has 0 saturated carbocycles. The molecule has 0 bridgehead atoms. The summed E-state index contributed by atoms with van der Waals surface area (Å²) in [5.74, 6) is -2.49. The summed E-state index contributed by atoms with van der Waals surface area (Å²) in [5.41, 5.74) is 1.16. The monoisotopic (exact) mass is 295 g/mol. The van der Waals surface area contributed by atoms with E-state index < -0.39 is 17.8 Å². The zero-order valence-electron chi connectivity index (χ0n) is 11.1. The number of alkyl halides is 2. The van der Waals surface area contributed by atoms with Gasteiger partial charge in [0.2, 0.25) is 0 Å². The van der Waals surface area contributed by atoms with Crippen LogP contribution in [0.2, 0.25) is 0 Å². The molecule has 110 valence electrons. The van der Waals surface area contributed by atoms with Gasteiger partial charge in [0.15, 0.2) is 0 Å². The van der Waals surface area contributed by atoms with Crippen molar-refractivity contribution in [2.24, 2.45) is 0 Å². The Morgan fingerprint density at radius 3 is 2.19 bits per heavy atom. The Hall–Kier alpha value is -2.50. The van der Waals surface area contributed by atoms with Crippen molar-refractivity contribution in [1.82, 2.24) is 0 Å². The predicted molar refractivity (Wildman–Crippen MR) is 71.8 cm³/mol. The summed E-state index contributed by atoms with van der Waals surface area (Å²) < 4.78 is 44.3. The number of hydrogen-bond donors (Lipinski definition) is 1. The molecule has 0 saturated heterocycles. The lowest BCUT2D eigenvalue weighted by atomic mass is 10.2. The van der Waals surface area contributed by atoms with Gasteiger partial charge in [-0.15, -0.1) is 0 Å². The fourth-order valence-electron chi connectivity index (χ4n) is 1.54. The first kappa shape index (κ1) is 14.9. The maximum absolute atomic E-state index is 13.6. The molecule has 1 N–H and O–H groups in total. The molecule has 3 nitrogen and oxygen atoms in total. The van der Waals surface area contributed by atoms with Crippen molar-refractivity contribution in [1.29, 1.82) is 0 Å². The fraction of sp³-hybridized carbons (Fsp3) is 0.133. The van der Waals surface area contributed by atoms with Crippen LogP contribution in [0.1, 0.15) is 5.56 Å². The van der Waals surface area contributed by atoms with Crippen molar-refractivity contribution < 1.29 is 22.7 Å². The number of anilines is 1. The second-order valence-corrected chi connectivity index (χ2v) is 4.39. The molecule has 0 aromatic heterocycles. The molecule has 2 aromatic rings. The third-order valence-corrected chi connectivity index (χ3v) is 2.63. The van der Waals surface area contributed by atoms with Crippen LogP contribution in [0.3, 0.4) is 0 Å². The molecule has 0 atom stereocenters. The van der Waals surface area contributed by atoms with Gasteiger partial charge in [0, 0.05) is 5.69 Å². The molecule has 0 heterocycles. The third-order valence-electron chi connectivity index (χ3n) is 2.63. The van der Waals surface area contributed by atoms with Crippen molar-refractivity contribution in [2.45, 2.75) is 13.0 Å². The molecule has 0 fully saturated rings. The zero-order valence-corrected chi connectivity index (χ0v) is 11.1. The molecule has 21 heavy (non-hydrogen) atoms. The van der Waals surface area contributed by atoms with Gasteiger partial charge in [-0.3, -0.25) is 4.79 Å². The number of rotatable bonds is 4. The second-order valence-electron chi connectivity index (χ2n) is 4.39. The third kappa shape index (κ3) is 3.98. The summed E-state index contributed by atoms with van der Waals surface area (Å²) in [6.07, 6.45) is -4.07. The van der Waals surface area contributed by atoms with Crippen molar-refractivity contribution in [2.75, 3.05) is 5.32 Å². The number of carbonyl (C=O) groups excluding carboxylic acids is 1. The molecule has 2 rings (SSSR count). The molecule has 1 amide bonds. The van der Waals surface area contributed by atoms with E-state index in [1.165, 1.54) is 12.1 Å². The molecule has 6 heteroatoms. The van der Waals surface area contributed by atoms with E-state index in [9.17, 15) is 18.0 Å². The van der Waals surface area contributed by atoms with Gasteiger partial charge in [-0.25, -0.2) is 4.39 Å². The molecule has 0 aliphatic heterocycles. The van der Waals surface area contributed by atoms with Crippen LogP contribution in [0.5, 0.6) is 5.75 Å². The molecular formula is C15H12F3NO2. The van der Waals surface area contributed by atoms with Crippen molar-refractivity contribution >= 4 is 11.6 Å². The van der Waals surface area contributed by atoms with E-state index in [1.54, 1.807) is 12.1 Å². The Balaban J connectivity index is 2.05. The first-order valence-electron chi connectivity index (χ1n) is 6.07. The second kappa shape index (κ2) is 5.87. The number of carbonyl (C=O) groups is 1. The topological polar surface area (TPSA) is 38.3 Å². The summed E-state index contributed by atoms with van der Waals surface area (Å²) in [7, 11) is 0. The minimum Gasteiger partial charge on any atom is -0.425 e. The zero-order chi connectivity index (χ0) is 15.5. The number of benzene rings is 2. The van der Waals surface area contributed by atoms with Gasteiger partial charge in [0.1, 0.15) is 11.6 Å². The van der Waals surface area contributed by atoms with Gasteiger partial charge < -0.3 is 10.1 Å². The van der Waals surface area contributed by atoms with Crippen LogP contribution in [-0.2, 0) is 4.79 Å². The van der Waals surface area contributed by atoms with Gasteiger partial charge in [-0.05, 0) is 43.3 Å². The van der Waals surface area contributed by atoms with E-state index in [1.807, 2.05) is 6.92 Å². The Bertz CT molecular complexity index is 624. The first-order chi connectivity index (χ1) is 9.87. The molecule has 0 aliphatic carbocycles. The SMILES string of the molecule is Cc1ccc(NC(=O)C(F)(F)Oc2ccc(F)cc2)cc1. The number of hydrogen-bond acceptors (Lipinski definition) is 2. The Morgan fingerprint density at radius 1 is 1.05 bits per heavy atom. The quantitative estimate of drug-likeness (QED) is 0.933. The van der Waals surface area contributed by atoms with Crippen LogP contribution in [0, 0.1) is 12.7 Å². The molecule has 2 aromatic carbocycles.